The largest absolute Gasteiger partial charge is 0.333 e. The smallest absolute Gasteiger partial charge is 0.236 e. The minimum atomic E-state index is -0.0582. The third kappa shape index (κ3) is 2.16. The highest BCUT2D eigenvalue weighted by Gasteiger charge is 2.32. The van der Waals surface area contributed by atoms with Gasteiger partial charge < -0.3 is 10.6 Å². The Hall–Kier alpha value is -2.28. The molecule has 104 valence electrons. The fourth-order valence-electron chi connectivity index (χ4n) is 2.63. The zero-order chi connectivity index (χ0) is 13.9. The Morgan fingerprint density at radius 3 is 2.95 bits per heavy atom. The third-order valence-corrected chi connectivity index (χ3v) is 3.52. The molecule has 0 aromatic carbocycles. The number of aromatic nitrogens is 4. The first-order valence-corrected chi connectivity index (χ1v) is 6.60. The highest BCUT2D eigenvalue weighted by atomic mass is 16.2. The van der Waals surface area contributed by atoms with Crippen molar-refractivity contribution in [2.75, 3.05) is 13.1 Å². The van der Waals surface area contributed by atoms with E-state index in [1.165, 1.54) is 0 Å². The Morgan fingerprint density at radius 2 is 2.20 bits per heavy atom. The van der Waals surface area contributed by atoms with Crippen LogP contribution in [-0.4, -0.2) is 43.4 Å². The van der Waals surface area contributed by atoms with Crippen LogP contribution in [0.25, 0.3) is 5.82 Å². The molecule has 3 rings (SSSR count). The van der Waals surface area contributed by atoms with Gasteiger partial charge in [0, 0.05) is 31.3 Å². The number of amides is 1. The molecule has 1 atom stereocenters. The molecule has 1 saturated heterocycles. The minimum Gasteiger partial charge on any atom is -0.333 e. The lowest BCUT2D eigenvalue weighted by Crippen LogP contribution is -2.36. The molecule has 2 aromatic heterocycles. The van der Waals surface area contributed by atoms with Gasteiger partial charge in [0.2, 0.25) is 5.91 Å². The molecule has 0 bridgehead atoms. The molecule has 0 radical (unpaired) electrons. The fourth-order valence-corrected chi connectivity index (χ4v) is 2.63. The van der Waals surface area contributed by atoms with Gasteiger partial charge in [-0.25, -0.2) is 9.97 Å². The number of carbonyl (C=O) groups is 1. The molecule has 1 fully saturated rings. The molecule has 0 saturated carbocycles. The number of hydrogen-bond donors (Lipinski definition) is 1. The number of likely N-dealkylation sites (tertiary alicyclic amines) is 1. The van der Waals surface area contributed by atoms with Crippen LogP contribution in [0.1, 0.15) is 24.6 Å². The molecule has 1 aliphatic rings. The van der Waals surface area contributed by atoms with E-state index in [9.17, 15) is 4.79 Å². The van der Waals surface area contributed by atoms with E-state index in [0.29, 0.717) is 5.82 Å². The van der Waals surface area contributed by atoms with Crippen molar-refractivity contribution in [3.8, 4) is 5.82 Å². The molecular weight excluding hydrogens is 256 g/mol. The Labute approximate surface area is 116 Å². The molecule has 0 spiro atoms. The maximum absolute atomic E-state index is 11.9. The van der Waals surface area contributed by atoms with Crippen LogP contribution < -0.4 is 5.73 Å². The van der Waals surface area contributed by atoms with E-state index in [1.54, 1.807) is 29.8 Å². The summed E-state index contributed by atoms with van der Waals surface area (Å²) in [6, 6.07) is -0.0582. The molecule has 7 nitrogen and oxygen atoms in total. The monoisotopic (exact) mass is 272 g/mol. The SMILES string of the molecule is NCC(=O)N1CCC[C@H]1c1nccnc1-n1ccnc1. The summed E-state index contributed by atoms with van der Waals surface area (Å²) < 4.78 is 1.81. The van der Waals surface area contributed by atoms with Crippen LogP contribution in [0.2, 0.25) is 0 Å². The number of nitrogens with zero attached hydrogens (tertiary/aromatic N) is 5. The van der Waals surface area contributed by atoms with Crippen molar-refractivity contribution in [2.45, 2.75) is 18.9 Å². The van der Waals surface area contributed by atoms with Gasteiger partial charge in [-0.15, -0.1) is 0 Å². The van der Waals surface area contributed by atoms with Gasteiger partial charge in [0.25, 0.3) is 0 Å². The topological polar surface area (TPSA) is 89.9 Å². The van der Waals surface area contributed by atoms with Crippen LogP contribution in [-0.2, 0) is 4.79 Å². The van der Waals surface area contributed by atoms with Crippen molar-refractivity contribution in [1.82, 2.24) is 24.4 Å². The number of nitrogens with two attached hydrogens (primary N) is 1. The van der Waals surface area contributed by atoms with Crippen molar-refractivity contribution in [2.24, 2.45) is 5.73 Å². The van der Waals surface area contributed by atoms with E-state index in [1.807, 2.05) is 10.8 Å². The van der Waals surface area contributed by atoms with E-state index < -0.39 is 0 Å². The van der Waals surface area contributed by atoms with Gasteiger partial charge >= 0.3 is 0 Å². The molecule has 20 heavy (non-hydrogen) atoms. The van der Waals surface area contributed by atoms with Gasteiger partial charge in [-0.3, -0.25) is 14.3 Å². The molecular formula is C13H16N6O. The average Bonchev–Trinajstić information content (AvgIpc) is 3.17. The van der Waals surface area contributed by atoms with E-state index in [-0.39, 0.29) is 18.5 Å². The number of rotatable bonds is 3. The van der Waals surface area contributed by atoms with E-state index in [2.05, 4.69) is 15.0 Å². The number of hydrogen-bond acceptors (Lipinski definition) is 5. The minimum absolute atomic E-state index is 0.0250. The van der Waals surface area contributed by atoms with Crippen molar-refractivity contribution in [3.63, 3.8) is 0 Å². The second-order valence-electron chi connectivity index (χ2n) is 4.68. The molecule has 2 N–H and O–H groups in total. The third-order valence-electron chi connectivity index (χ3n) is 3.52. The standard InChI is InChI=1S/C13H16N6O/c14-8-11(20)19-6-1-2-10(19)12-13(17-4-3-16-12)18-7-5-15-9-18/h3-5,7,9-10H,1-2,6,8,14H2/t10-/m0/s1. The van der Waals surface area contributed by atoms with Crippen LogP contribution in [0.5, 0.6) is 0 Å². The van der Waals surface area contributed by atoms with Crippen molar-refractivity contribution in [3.05, 3.63) is 36.8 Å². The van der Waals surface area contributed by atoms with Crippen LogP contribution >= 0.6 is 0 Å². The quantitative estimate of drug-likeness (QED) is 0.867. The first-order valence-electron chi connectivity index (χ1n) is 6.60. The van der Waals surface area contributed by atoms with Crippen molar-refractivity contribution >= 4 is 5.91 Å². The van der Waals surface area contributed by atoms with Crippen LogP contribution in [0.15, 0.2) is 31.1 Å². The molecule has 2 aromatic rings. The van der Waals surface area contributed by atoms with Crippen LogP contribution in [0, 0.1) is 0 Å². The summed E-state index contributed by atoms with van der Waals surface area (Å²) in [5.74, 6) is 0.668. The van der Waals surface area contributed by atoms with Crippen LogP contribution in [0.3, 0.4) is 0 Å². The molecule has 0 aliphatic carbocycles. The Bertz CT molecular complexity index is 597. The van der Waals surface area contributed by atoms with E-state index in [0.717, 1.165) is 25.1 Å². The molecule has 0 unspecified atom stereocenters. The summed E-state index contributed by atoms with van der Waals surface area (Å²) >= 11 is 0. The summed E-state index contributed by atoms with van der Waals surface area (Å²) in [6.45, 7) is 0.748. The number of imidazole rings is 1. The molecule has 1 amide bonds. The first kappa shape index (κ1) is 12.7. The Balaban J connectivity index is 2.00. The summed E-state index contributed by atoms with van der Waals surface area (Å²) in [6.07, 6.45) is 10.3. The van der Waals surface area contributed by atoms with Gasteiger partial charge in [0.1, 0.15) is 12.0 Å². The summed E-state index contributed by atoms with van der Waals surface area (Å²) in [5, 5.41) is 0. The summed E-state index contributed by atoms with van der Waals surface area (Å²) in [7, 11) is 0. The van der Waals surface area contributed by atoms with Crippen molar-refractivity contribution < 1.29 is 4.79 Å². The average molecular weight is 272 g/mol. The maximum Gasteiger partial charge on any atom is 0.236 e. The molecule has 1 aliphatic heterocycles. The normalized spacial score (nSPS) is 18.4. The zero-order valence-electron chi connectivity index (χ0n) is 11.0. The highest BCUT2D eigenvalue weighted by molar-refractivity contribution is 5.78. The highest BCUT2D eigenvalue weighted by Crippen LogP contribution is 2.32. The van der Waals surface area contributed by atoms with Gasteiger partial charge in [-0.1, -0.05) is 0 Å². The number of carbonyl (C=O) groups excluding carboxylic acids is 1. The van der Waals surface area contributed by atoms with Gasteiger partial charge in [-0.05, 0) is 12.8 Å². The lowest BCUT2D eigenvalue weighted by Gasteiger charge is -2.24. The lowest BCUT2D eigenvalue weighted by molar-refractivity contribution is -0.130. The maximum atomic E-state index is 11.9. The summed E-state index contributed by atoms with van der Waals surface area (Å²) in [4.78, 5) is 26.6. The van der Waals surface area contributed by atoms with Crippen molar-refractivity contribution in [1.29, 1.82) is 0 Å². The molecule has 3 heterocycles. The predicted octanol–water partition coefficient (Wildman–Crippen LogP) is 0.284. The molecule has 7 heteroatoms. The van der Waals surface area contributed by atoms with Gasteiger partial charge in [-0.2, -0.15) is 0 Å². The predicted molar refractivity (Wildman–Crippen MR) is 71.9 cm³/mol. The van der Waals surface area contributed by atoms with Crippen LogP contribution in [0.4, 0.5) is 0 Å². The summed E-state index contributed by atoms with van der Waals surface area (Å²) in [5.41, 5.74) is 6.28. The Morgan fingerprint density at radius 1 is 1.35 bits per heavy atom. The van der Waals surface area contributed by atoms with E-state index in [4.69, 9.17) is 5.73 Å². The Kier molecular flexibility index (Phi) is 3.42. The van der Waals surface area contributed by atoms with Gasteiger partial charge in [0.05, 0.1) is 12.6 Å². The zero-order valence-corrected chi connectivity index (χ0v) is 11.0. The second kappa shape index (κ2) is 5.38. The van der Waals surface area contributed by atoms with Gasteiger partial charge in [0.15, 0.2) is 5.82 Å². The fraction of sp³-hybridized carbons (Fsp3) is 0.385. The van der Waals surface area contributed by atoms with E-state index >= 15 is 0 Å². The first-order chi connectivity index (χ1) is 9.81. The lowest BCUT2D eigenvalue weighted by atomic mass is 10.1. The second-order valence-corrected chi connectivity index (χ2v) is 4.68.